The minimum atomic E-state index is -1.22. The van der Waals surface area contributed by atoms with E-state index in [2.05, 4.69) is 23.3 Å². The smallest absolute Gasteiger partial charge is 0.325 e. The van der Waals surface area contributed by atoms with Crippen LogP contribution in [0.5, 0.6) is 0 Å². The molecular weight excluding hydrogens is 402 g/mol. The predicted octanol–water partition coefficient (Wildman–Crippen LogP) is -1.01. The molecule has 29 heavy (non-hydrogen) atoms. The second kappa shape index (κ2) is 12.8. The molecule has 2 amide bonds. The molecule has 3 atom stereocenters. The van der Waals surface area contributed by atoms with Crippen molar-refractivity contribution in [3.05, 3.63) is 35.9 Å². The highest BCUT2D eigenvalue weighted by molar-refractivity contribution is 7.80. The van der Waals surface area contributed by atoms with Crippen molar-refractivity contribution in [2.75, 3.05) is 18.9 Å². The molecule has 0 aromatic heterocycles. The lowest BCUT2D eigenvalue weighted by molar-refractivity contribution is -0.147. The van der Waals surface area contributed by atoms with Crippen molar-refractivity contribution in [3.63, 3.8) is 0 Å². The van der Waals surface area contributed by atoms with Gasteiger partial charge >= 0.3 is 11.9 Å². The van der Waals surface area contributed by atoms with Crippen molar-refractivity contribution < 1.29 is 34.1 Å². The molecule has 0 spiro atoms. The number of nitrogens with two attached hydrogens (primary N) is 1. The molecule has 0 saturated carbocycles. The molecule has 1 rings (SSSR count). The van der Waals surface area contributed by atoms with Crippen LogP contribution in [0.3, 0.4) is 0 Å². The van der Waals surface area contributed by atoms with E-state index in [1.54, 1.807) is 30.3 Å². The van der Waals surface area contributed by atoms with E-state index in [9.17, 15) is 24.3 Å². The Morgan fingerprint density at radius 1 is 1.17 bits per heavy atom. The summed E-state index contributed by atoms with van der Waals surface area (Å²) in [5.74, 6) is -3.24. The molecular formula is C18H25N3O7S. The van der Waals surface area contributed by atoms with E-state index < -0.39 is 48.5 Å². The highest BCUT2D eigenvalue weighted by Gasteiger charge is 2.21. The molecule has 6 N–H and O–H groups in total. The highest BCUT2D eigenvalue weighted by atomic mass is 32.1. The minimum absolute atomic E-state index is 0.0374. The van der Waals surface area contributed by atoms with E-state index in [1.807, 2.05) is 0 Å². The van der Waals surface area contributed by atoms with E-state index in [0.29, 0.717) is 5.56 Å². The Morgan fingerprint density at radius 2 is 1.83 bits per heavy atom. The number of nitrogens with one attached hydrogen (secondary N) is 2. The number of rotatable bonds is 12. The Bertz CT molecular complexity index is 702. The maximum Gasteiger partial charge on any atom is 0.325 e. The van der Waals surface area contributed by atoms with Crippen LogP contribution >= 0.6 is 12.6 Å². The molecule has 0 unspecified atom stereocenters. The van der Waals surface area contributed by atoms with Crippen LogP contribution in [0, 0.1) is 0 Å². The number of hydrogen-bond acceptors (Lipinski definition) is 8. The zero-order valence-electron chi connectivity index (χ0n) is 15.6. The first kappa shape index (κ1) is 24.4. The SMILES string of the molecule is N[C@@H](CCC(=O)N[C@@H](CS)C(=O)NCC(=O)OC[C@H](O)c1ccccc1)C(=O)O. The number of aliphatic carboxylic acids is 1. The fraction of sp³-hybridized carbons (Fsp3) is 0.444. The lowest BCUT2D eigenvalue weighted by Gasteiger charge is -2.17. The molecule has 0 heterocycles. The summed E-state index contributed by atoms with van der Waals surface area (Å²) < 4.78 is 4.91. The summed E-state index contributed by atoms with van der Waals surface area (Å²) in [6.45, 7) is -0.723. The van der Waals surface area contributed by atoms with Gasteiger partial charge in [-0.2, -0.15) is 12.6 Å². The van der Waals surface area contributed by atoms with Gasteiger partial charge in [0.2, 0.25) is 11.8 Å². The highest BCUT2D eigenvalue weighted by Crippen LogP contribution is 2.11. The Labute approximate surface area is 173 Å². The fourth-order valence-corrected chi connectivity index (χ4v) is 2.40. The largest absolute Gasteiger partial charge is 0.480 e. The molecule has 0 fully saturated rings. The number of carboxylic acids is 1. The van der Waals surface area contributed by atoms with Gasteiger partial charge in [0.25, 0.3) is 0 Å². The van der Waals surface area contributed by atoms with Crippen LogP contribution in [0.4, 0.5) is 0 Å². The van der Waals surface area contributed by atoms with E-state index in [-0.39, 0.29) is 25.2 Å². The van der Waals surface area contributed by atoms with E-state index >= 15 is 0 Å². The topological polar surface area (TPSA) is 168 Å². The van der Waals surface area contributed by atoms with Gasteiger partial charge in [0.15, 0.2) is 0 Å². The number of amides is 2. The zero-order valence-corrected chi connectivity index (χ0v) is 16.5. The maximum atomic E-state index is 12.1. The molecule has 0 radical (unpaired) electrons. The Morgan fingerprint density at radius 3 is 2.41 bits per heavy atom. The number of benzene rings is 1. The first-order chi connectivity index (χ1) is 13.7. The lowest BCUT2D eigenvalue weighted by Crippen LogP contribution is -2.49. The van der Waals surface area contributed by atoms with Crippen LogP contribution in [0.15, 0.2) is 30.3 Å². The maximum absolute atomic E-state index is 12.1. The van der Waals surface area contributed by atoms with Crippen LogP contribution in [-0.2, 0) is 23.9 Å². The first-order valence-electron chi connectivity index (χ1n) is 8.79. The quantitative estimate of drug-likeness (QED) is 0.182. The fourth-order valence-electron chi connectivity index (χ4n) is 2.15. The van der Waals surface area contributed by atoms with Gasteiger partial charge in [-0.3, -0.25) is 19.2 Å². The second-order valence-electron chi connectivity index (χ2n) is 6.11. The standard InChI is InChI=1S/C18H25N3O7S/c19-12(18(26)27)6-7-15(23)21-13(10-29)17(25)20-8-16(24)28-9-14(22)11-4-2-1-3-5-11/h1-5,12-14,22,29H,6-10,19H2,(H,20,25)(H,21,23)(H,26,27)/t12-,13-,14-/m0/s1. The predicted molar refractivity (Wildman–Crippen MR) is 106 cm³/mol. The molecule has 0 aliphatic heterocycles. The molecule has 0 bridgehead atoms. The molecule has 10 nitrogen and oxygen atoms in total. The number of ether oxygens (including phenoxy) is 1. The third-order valence-electron chi connectivity index (χ3n) is 3.83. The average molecular weight is 427 g/mol. The van der Waals surface area contributed by atoms with Gasteiger partial charge in [-0.15, -0.1) is 0 Å². The summed E-state index contributed by atoms with van der Waals surface area (Å²) >= 11 is 3.98. The summed E-state index contributed by atoms with van der Waals surface area (Å²) in [5.41, 5.74) is 5.90. The summed E-state index contributed by atoms with van der Waals surface area (Å²) in [7, 11) is 0. The van der Waals surface area contributed by atoms with Crippen LogP contribution in [0.2, 0.25) is 0 Å². The van der Waals surface area contributed by atoms with Crippen molar-refractivity contribution in [3.8, 4) is 0 Å². The van der Waals surface area contributed by atoms with Crippen LogP contribution in [0.1, 0.15) is 24.5 Å². The number of carbonyl (C=O) groups is 4. The summed E-state index contributed by atoms with van der Waals surface area (Å²) in [6.07, 6.45) is -1.25. The van der Waals surface area contributed by atoms with Crippen molar-refractivity contribution >= 4 is 36.4 Å². The lowest BCUT2D eigenvalue weighted by atomic mass is 10.1. The number of esters is 1. The monoisotopic (exact) mass is 427 g/mol. The number of carbonyl (C=O) groups excluding carboxylic acids is 3. The number of aliphatic hydroxyl groups is 1. The molecule has 0 aliphatic carbocycles. The third-order valence-corrected chi connectivity index (χ3v) is 4.19. The zero-order chi connectivity index (χ0) is 21.8. The molecule has 11 heteroatoms. The van der Waals surface area contributed by atoms with Crippen LogP contribution < -0.4 is 16.4 Å². The number of thiol groups is 1. The minimum Gasteiger partial charge on any atom is -0.480 e. The Balaban J connectivity index is 2.35. The van der Waals surface area contributed by atoms with Gasteiger partial charge in [-0.25, -0.2) is 0 Å². The first-order valence-corrected chi connectivity index (χ1v) is 9.42. The summed E-state index contributed by atoms with van der Waals surface area (Å²) in [4.78, 5) is 46.2. The van der Waals surface area contributed by atoms with Gasteiger partial charge in [-0.1, -0.05) is 30.3 Å². The van der Waals surface area contributed by atoms with E-state index in [1.165, 1.54) is 0 Å². The van der Waals surface area contributed by atoms with Crippen molar-refractivity contribution in [1.82, 2.24) is 10.6 Å². The van der Waals surface area contributed by atoms with Gasteiger partial charge in [0.05, 0.1) is 0 Å². The summed E-state index contributed by atoms with van der Waals surface area (Å²) in [5, 5.41) is 23.3. The molecule has 0 aliphatic rings. The van der Waals surface area contributed by atoms with Gasteiger partial charge < -0.3 is 31.3 Å². The normalized spacial score (nSPS) is 13.6. The van der Waals surface area contributed by atoms with Gasteiger partial charge in [0.1, 0.15) is 31.3 Å². The van der Waals surface area contributed by atoms with Crippen molar-refractivity contribution in [2.24, 2.45) is 5.73 Å². The van der Waals surface area contributed by atoms with E-state index in [4.69, 9.17) is 15.6 Å². The van der Waals surface area contributed by atoms with Gasteiger partial charge in [-0.05, 0) is 12.0 Å². The molecule has 1 aromatic carbocycles. The molecule has 160 valence electrons. The Kier molecular flexibility index (Phi) is 10.7. The summed E-state index contributed by atoms with van der Waals surface area (Å²) in [6, 6.07) is 6.44. The third kappa shape index (κ3) is 9.41. The van der Waals surface area contributed by atoms with E-state index in [0.717, 1.165) is 0 Å². The number of carboxylic acid groups (broad SMARTS) is 1. The van der Waals surface area contributed by atoms with Crippen LogP contribution in [0.25, 0.3) is 0 Å². The average Bonchev–Trinajstić information content (AvgIpc) is 2.72. The Hall–Kier alpha value is -2.63. The van der Waals surface area contributed by atoms with Crippen molar-refractivity contribution in [1.29, 1.82) is 0 Å². The second-order valence-corrected chi connectivity index (χ2v) is 6.48. The van der Waals surface area contributed by atoms with Crippen LogP contribution in [-0.4, -0.2) is 65.0 Å². The molecule has 0 saturated heterocycles. The number of aliphatic hydroxyl groups excluding tert-OH is 1. The number of hydrogen-bond donors (Lipinski definition) is 6. The van der Waals surface area contributed by atoms with Gasteiger partial charge in [0, 0.05) is 12.2 Å². The van der Waals surface area contributed by atoms with Crippen molar-refractivity contribution in [2.45, 2.75) is 31.0 Å². The molecule has 1 aromatic rings.